The van der Waals surface area contributed by atoms with Crippen LogP contribution in [0.15, 0.2) is 18.2 Å². The smallest absolute Gasteiger partial charge is 0.313 e. The number of amides is 2. The van der Waals surface area contributed by atoms with Crippen molar-refractivity contribution in [3.05, 3.63) is 18.2 Å². The van der Waals surface area contributed by atoms with Crippen LogP contribution in [0, 0.1) is 0 Å². The second-order valence-corrected chi connectivity index (χ2v) is 5.10. The fourth-order valence-electron chi connectivity index (χ4n) is 2.30. The Balaban J connectivity index is 2.02. The summed E-state index contributed by atoms with van der Waals surface area (Å²) in [6.45, 7) is 6.12. The van der Waals surface area contributed by atoms with Gasteiger partial charge in [-0.25, -0.2) is 0 Å². The molecule has 6 heteroatoms. The van der Waals surface area contributed by atoms with E-state index >= 15 is 0 Å². The Morgan fingerprint density at radius 2 is 1.73 bits per heavy atom. The first kappa shape index (κ1) is 16.1. The van der Waals surface area contributed by atoms with E-state index in [1.807, 2.05) is 13.8 Å². The third kappa shape index (κ3) is 3.90. The molecular formula is C16H22N2O4. The lowest BCUT2D eigenvalue weighted by molar-refractivity contribution is -0.143. The molecule has 0 fully saturated rings. The van der Waals surface area contributed by atoms with Crippen LogP contribution in [-0.4, -0.2) is 43.0 Å². The predicted octanol–water partition coefficient (Wildman–Crippen LogP) is 2.04. The van der Waals surface area contributed by atoms with E-state index in [4.69, 9.17) is 9.47 Å². The van der Waals surface area contributed by atoms with Gasteiger partial charge in [0.25, 0.3) is 0 Å². The lowest BCUT2D eigenvalue weighted by Gasteiger charge is -2.21. The van der Waals surface area contributed by atoms with Crippen LogP contribution in [0.1, 0.15) is 26.7 Å². The van der Waals surface area contributed by atoms with Crippen molar-refractivity contribution in [2.75, 3.05) is 31.6 Å². The molecule has 1 heterocycles. The highest BCUT2D eigenvalue weighted by molar-refractivity contribution is 6.39. The summed E-state index contributed by atoms with van der Waals surface area (Å²) in [6.07, 6.45) is 1.64. The van der Waals surface area contributed by atoms with Gasteiger partial charge < -0.3 is 19.7 Å². The van der Waals surface area contributed by atoms with Crippen LogP contribution >= 0.6 is 0 Å². The summed E-state index contributed by atoms with van der Waals surface area (Å²) in [7, 11) is 0. The summed E-state index contributed by atoms with van der Waals surface area (Å²) >= 11 is 0. The highest BCUT2D eigenvalue weighted by atomic mass is 16.6. The molecule has 6 nitrogen and oxygen atoms in total. The highest BCUT2D eigenvalue weighted by Gasteiger charge is 2.21. The maximum atomic E-state index is 12.2. The first-order valence-electron chi connectivity index (χ1n) is 7.65. The van der Waals surface area contributed by atoms with E-state index in [-0.39, 0.29) is 0 Å². The van der Waals surface area contributed by atoms with Gasteiger partial charge in [0.15, 0.2) is 11.5 Å². The van der Waals surface area contributed by atoms with Crippen molar-refractivity contribution in [3.8, 4) is 11.5 Å². The summed E-state index contributed by atoms with van der Waals surface area (Å²) < 4.78 is 10.9. The number of hydrogen-bond acceptors (Lipinski definition) is 4. The largest absolute Gasteiger partial charge is 0.486 e. The van der Waals surface area contributed by atoms with E-state index in [9.17, 15) is 9.59 Å². The highest BCUT2D eigenvalue weighted by Crippen LogP contribution is 2.32. The van der Waals surface area contributed by atoms with E-state index < -0.39 is 11.8 Å². The minimum atomic E-state index is -0.626. The zero-order valence-electron chi connectivity index (χ0n) is 13.1. The molecular weight excluding hydrogens is 284 g/mol. The number of nitrogens with one attached hydrogen (secondary N) is 1. The third-order valence-electron chi connectivity index (χ3n) is 3.27. The van der Waals surface area contributed by atoms with Gasteiger partial charge in [0, 0.05) is 24.8 Å². The molecule has 1 N–H and O–H groups in total. The second-order valence-electron chi connectivity index (χ2n) is 5.10. The molecule has 2 amide bonds. The van der Waals surface area contributed by atoms with Crippen molar-refractivity contribution in [1.29, 1.82) is 0 Å². The van der Waals surface area contributed by atoms with Crippen molar-refractivity contribution in [2.45, 2.75) is 26.7 Å². The number of ether oxygens (including phenoxy) is 2. The molecule has 22 heavy (non-hydrogen) atoms. The molecule has 2 rings (SSSR count). The Morgan fingerprint density at radius 3 is 2.36 bits per heavy atom. The summed E-state index contributed by atoms with van der Waals surface area (Å²) in [5.41, 5.74) is 0.524. The minimum Gasteiger partial charge on any atom is -0.486 e. The number of nitrogens with zero attached hydrogens (tertiary/aromatic N) is 1. The Kier molecular flexibility index (Phi) is 5.63. The van der Waals surface area contributed by atoms with E-state index in [1.54, 1.807) is 23.1 Å². The molecule has 0 atom stereocenters. The van der Waals surface area contributed by atoms with Crippen LogP contribution in [-0.2, 0) is 9.59 Å². The molecule has 1 aromatic carbocycles. The fraction of sp³-hybridized carbons (Fsp3) is 0.500. The maximum absolute atomic E-state index is 12.2. The van der Waals surface area contributed by atoms with Crippen LogP contribution in [0.4, 0.5) is 5.69 Å². The molecule has 0 bridgehead atoms. The summed E-state index contributed by atoms with van der Waals surface area (Å²) in [4.78, 5) is 25.8. The number of anilines is 1. The van der Waals surface area contributed by atoms with E-state index in [0.717, 1.165) is 12.8 Å². The Labute approximate surface area is 130 Å². The van der Waals surface area contributed by atoms with Gasteiger partial charge in [-0.3, -0.25) is 9.59 Å². The lowest BCUT2D eigenvalue weighted by Crippen LogP contribution is -2.40. The third-order valence-corrected chi connectivity index (χ3v) is 3.27. The normalized spacial score (nSPS) is 12.6. The van der Waals surface area contributed by atoms with Crippen molar-refractivity contribution in [3.63, 3.8) is 0 Å². The molecule has 120 valence electrons. The SMILES string of the molecule is CCCN(CCC)C(=O)C(=O)Nc1ccc2c(c1)OCCO2. The van der Waals surface area contributed by atoms with Gasteiger partial charge >= 0.3 is 11.8 Å². The molecule has 1 aromatic rings. The average molecular weight is 306 g/mol. The molecule has 0 unspecified atom stereocenters. The quantitative estimate of drug-likeness (QED) is 0.845. The summed E-state index contributed by atoms with van der Waals surface area (Å²) in [6, 6.07) is 5.09. The van der Waals surface area contributed by atoms with E-state index in [2.05, 4.69) is 5.32 Å². The zero-order valence-corrected chi connectivity index (χ0v) is 13.1. The number of fused-ring (bicyclic) bond motifs is 1. The van der Waals surface area contributed by atoms with Gasteiger partial charge in [0.1, 0.15) is 13.2 Å². The lowest BCUT2D eigenvalue weighted by atomic mass is 10.2. The first-order chi connectivity index (χ1) is 10.7. The molecule has 1 aliphatic rings. The van der Waals surface area contributed by atoms with Crippen molar-refractivity contribution >= 4 is 17.5 Å². The monoisotopic (exact) mass is 306 g/mol. The summed E-state index contributed by atoms with van der Waals surface area (Å²) in [5.74, 6) is 0.0989. The van der Waals surface area contributed by atoms with E-state index in [1.165, 1.54) is 0 Å². The molecule has 0 saturated heterocycles. The molecule has 1 aliphatic heterocycles. The van der Waals surface area contributed by atoms with Crippen LogP contribution in [0.25, 0.3) is 0 Å². The zero-order chi connectivity index (χ0) is 15.9. The first-order valence-corrected chi connectivity index (χ1v) is 7.65. The number of carbonyl (C=O) groups is 2. The average Bonchev–Trinajstić information content (AvgIpc) is 2.54. The number of rotatable bonds is 5. The van der Waals surface area contributed by atoms with Gasteiger partial charge in [-0.05, 0) is 25.0 Å². The summed E-state index contributed by atoms with van der Waals surface area (Å²) in [5, 5.41) is 2.62. The topological polar surface area (TPSA) is 67.9 Å². The van der Waals surface area contributed by atoms with Gasteiger partial charge in [-0.15, -0.1) is 0 Å². The van der Waals surface area contributed by atoms with Crippen LogP contribution < -0.4 is 14.8 Å². The van der Waals surface area contributed by atoms with Gasteiger partial charge in [0.05, 0.1) is 0 Å². The maximum Gasteiger partial charge on any atom is 0.313 e. The van der Waals surface area contributed by atoms with E-state index in [0.29, 0.717) is 43.5 Å². The number of hydrogen-bond donors (Lipinski definition) is 1. The second kappa shape index (κ2) is 7.68. The van der Waals surface area contributed by atoms with Crippen LogP contribution in [0.5, 0.6) is 11.5 Å². The van der Waals surface area contributed by atoms with Gasteiger partial charge in [-0.2, -0.15) is 0 Å². The molecule has 0 spiro atoms. The van der Waals surface area contributed by atoms with Gasteiger partial charge in [-0.1, -0.05) is 13.8 Å². The van der Waals surface area contributed by atoms with Gasteiger partial charge in [0.2, 0.25) is 0 Å². The van der Waals surface area contributed by atoms with Crippen LogP contribution in [0.3, 0.4) is 0 Å². The van der Waals surface area contributed by atoms with Crippen molar-refractivity contribution in [1.82, 2.24) is 4.90 Å². The standard InChI is InChI=1S/C16H22N2O4/c1-3-7-18(8-4-2)16(20)15(19)17-12-5-6-13-14(11-12)22-10-9-21-13/h5-6,11H,3-4,7-10H2,1-2H3,(H,17,19). The molecule has 0 aliphatic carbocycles. The minimum absolute atomic E-state index is 0.476. The molecule has 0 saturated carbocycles. The molecule has 0 aromatic heterocycles. The number of benzene rings is 1. The van der Waals surface area contributed by atoms with Crippen molar-refractivity contribution in [2.24, 2.45) is 0 Å². The number of carbonyl (C=O) groups excluding carboxylic acids is 2. The Morgan fingerprint density at radius 1 is 1.09 bits per heavy atom. The van der Waals surface area contributed by atoms with Crippen LogP contribution in [0.2, 0.25) is 0 Å². The van der Waals surface area contributed by atoms with Crippen molar-refractivity contribution < 1.29 is 19.1 Å². The fourth-order valence-corrected chi connectivity index (χ4v) is 2.30. The predicted molar refractivity (Wildman–Crippen MR) is 83.2 cm³/mol. The molecule has 0 radical (unpaired) electrons. The Bertz CT molecular complexity index is 539. The Hall–Kier alpha value is -2.24.